The molecule has 0 radical (unpaired) electrons. The van der Waals surface area contributed by atoms with Crippen molar-refractivity contribution in [2.75, 3.05) is 0 Å². The second-order valence-corrected chi connectivity index (χ2v) is 4.70. The van der Waals surface area contributed by atoms with Crippen LogP contribution < -0.4 is 11.5 Å². The maximum atomic E-state index is 10.8. The Bertz CT molecular complexity index is 753. The predicted molar refractivity (Wildman–Crippen MR) is 89.4 cm³/mol. The summed E-state index contributed by atoms with van der Waals surface area (Å²) in [5.41, 5.74) is 12.6. The van der Waals surface area contributed by atoms with E-state index in [2.05, 4.69) is 9.98 Å². The zero-order chi connectivity index (χ0) is 17.7. The Balaban J connectivity index is 2.19. The van der Waals surface area contributed by atoms with Gasteiger partial charge in [-0.15, -0.1) is 0 Å². The molecule has 0 atom stereocenters. The second-order valence-electron chi connectivity index (χ2n) is 4.70. The lowest BCUT2D eigenvalue weighted by Crippen LogP contribution is -2.30. The van der Waals surface area contributed by atoms with Crippen LogP contribution in [-0.4, -0.2) is 33.8 Å². The molecule has 0 saturated carbocycles. The van der Waals surface area contributed by atoms with Crippen LogP contribution >= 0.6 is 0 Å². The Morgan fingerprint density at radius 2 is 0.958 bits per heavy atom. The van der Waals surface area contributed by atoms with E-state index in [-0.39, 0.29) is 22.8 Å². The van der Waals surface area contributed by atoms with Gasteiger partial charge in [0.1, 0.15) is 0 Å². The van der Waals surface area contributed by atoms with Crippen LogP contribution in [0.1, 0.15) is 20.7 Å². The van der Waals surface area contributed by atoms with E-state index < -0.39 is 11.9 Å². The first-order chi connectivity index (χ1) is 11.4. The van der Waals surface area contributed by atoms with Crippen molar-refractivity contribution in [2.45, 2.75) is 0 Å². The number of hydrogen-bond acceptors (Lipinski definition) is 4. The van der Waals surface area contributed by atoms with Gasteiger partial charge >= 0.3 is 11.9 Å². The van der Waals surface area contributed by atoms with E-state index >= 15 is 0 Å². The number of nitrogens with zero attached hydrogens (tertiary/aromatic N) is 2. The molecule has 0 spiro atoms. The van der Waals surface area contributed by atoms with Crippen LogP contribution in [0.25, 0.3) is 0 Å². The van der Waals surface area contributed by atoms with Crippen LogP contribution in [-0.2, 0) is 0 Å². The number of aliphatic imine (C=N–C) groups is 2. The van der Waals surface area contributed by atoms with Gasteiger partial charge in [0.2, 0.25) is 0 Å². The minimum Gasteiger partial charge on any atom is -0.478 e. The summed E-state index contributed by atoms with van der Waals surface area (Å²) in [5, 5.41) is 17.7. The van der Waals surface area contributed by atoms with E-state index in [9.17, 15) is 9.59 Å². The molecule has 8 nitrogen and oxygen atoms in total. The smallest absolute Gasteiger partial charge is 0.335 e. The summed E-state index contributed by atoms with van der Waals surface area (Å²) in [7, 11) is 0. The maximum Gasteiger partial charge on any atom is 0.335 e. The molecule has 8 heteroatoms. The lowest BCUT2D eigenvalue weighted by molar-refractivity contribution is 0.0686. The highest BCUT2D eigenvalue weighted by atomic mass is 16.4. The molecule has 2 rings (SSSR count). The molecule has 6 N–H and O–H groups in total. The Hall–Kier alpha value is -3.68. The number of carboxylic acid groups (broad SMARTS) is 2. The van der Waals surface area contributed by atoms with Crippen LogP contribution in [0, 0.1) is 0 Å². The predicted octanol–water partition coefficient (Wildman–Crippen LogP) is 1.76. The van der Waals surface area contributed by atoms with Crippen LogP contribution in [0.15, 0.2) is 58.5 Å². The molecule has 2 aromatic carbocycles. The normalized spacial score (nSPS) is 12.0. The Morgan fingerprint density at radius 1 is 0.667 bits per heavy atom. The number of carboxylic acids is 2. The summed E-state index contributed by atoms with van der Waals surface area (Å²) >= 11 is 0. The first-order valence-corrected chi connectivity index (χ1v) is 6.72. The van der Waals surface area contributed by atoms with Gasteiger partial charge < -0.3 is 21.7 Å². The largest absolute Gasteiger partial charge is 0.478 e. The molecule has 0 heterocycles. The summed E-state index contributed by atoms with van der Waals surface area (Å²) in [6.07, 6.45) is 0. The van der Waals surface area contributed by atoms with Crippen molar-refractivity contribution in [2.24, 2.45) is 21.5 Å². The first-order valence-electron chi connectivity index (χ1n) is 6.72. The van der Waals surface area contributed by atoms with Gasteiger partial charge in [0.25, 0.3) is 0 Å². The summed E-state index contributed by atoms with van der Waals surface area (Å²) in [5.74, 6) is -2.16. The highest BCUT2D eigenvalue weighted by Crippen LogP contribution is 2.15. The van der Waals surface area contributed by atoms with Gasteiger partial charge in [-0.1, -0.05) is 0 Å². The van der Waals surface area contributed by atoms with Crippen LogP contribution in [0.3, 0.4) is 0 Å². The molecule has 0 aliphatic carbocycles. The quantitative estimate of drug-likeness (QED) is 0.496. The van der Waals surface area contributed by atoms with Gasteiger partial charge in [-0.2, -0.15) is 0 Å². The lowest BCUT2D eigenvalue weighted by atomic mass is 10.2. The highest BCUT2D eigenvalue weighted by molar-refractivity contribution is 6.40. The Kier molecular flexibility index (Phi) is 4.90. The fourth-order valence-corrected chi connectivity index (χ4v) is 1.75. The van der Waals surface area contributed by atoms with Crippen molar-refractivity contribution in [1.29, 1.82) is 0 Å². The third-order valence-corrected chi connectivity index (χ3v) is 2.99. The van der Waals surface area contributed by atoms with E-state index in [1.165, 1.54) is 48.5 Å². The summed E-state index contributed by atoms with van der Waals surface area (Å²) in [6, 6.07) is 11.5. The van der Waals surface area contributed by atoms with E-state index in [0.29, 0.717) is 11.4 Å². The fraction of sp³-hybridized carbons (Fsp3) is 0. The van der Waals surface area contributed by atoms with E-state index in [4.69, 9.17) is 21.7 Å². The molecule has 0 saturated heterocycles. The van der Waals surface area contributed by atoms with Crippen molar-refractivity contribution in [3.05, 3.63) is 59.7 Å². The topological polar surface area (TPSA) is 151 Å². The van der Waals surface area contributed by atoms with Gasteiger partial charge in [-0.25, -0.2) is 19.6 Å². The standard InChI is InChI=1S/C16H14N4O4/c17-13(19-11-5-1-9(2-6-11)15(21)22)14(18)20-12-7-3-10(4-8-12)16(23)24/h1-8H,(H2,17,19)(H2,18,20)(H,21,22)(H,23,24). The first kappa shape index (κ1) is 16.7. The molecule has 2 aromatic rings. The third-order valence-electron chi connectivity index (χ3n) is 2.99. The second kappa shape index (κ2) is 7.05. The third kappa shape index (κ3) is 4.17. The SMILES string of the molecule is NC(=Nc1ccc(C(=O)O)cc1)C(N)=Nc1ccc(C(=O)O)cc1. The van der Waals surface area contributed by atoms with Crippen molar-refractivity contribution in [1.82, 2.24) is 0 Å². The van der Waals surface area contributed by atoms with Crippen LogP contribution in [0.4, 0.5) is 11.4 Å². The average Bonchev–Trinajstić information content (AvgIpc) is 2.55. The van der Waals surface area contributed by atoms with E-state index in [1.54, 1.807) is 0 Å². The number of benzene rings is 2. The number of nitrogens with two attached hydrogens (primary N) is 2. The van der Waals surface area contributed by atoms with Crippen molar-refractivity contribution >= 4 is 35.0 Å². The number of aromatic carboxylic acids is 2. The minimum absolute atomic E-state index is 0.0413. The molecule has 122 valence electrons. The molecule has 24 heavy (non-hydrogen) atoms. The maximum absolute atomic E-state index is 10.8. The number of carbonyl (C=O) groups is 2. The average molecular weight is 326 g/mol. The van der Waals surface area contributed by atoms with Gasteiger partial charge in [0.15, 0.2) is 11.7 Å². The van der Waals surface area contributed by atoms with E-state index in [0.717, 1.165) is 0 Å². The monoisotopic (exact) mass is 326 g/mol. The summed E-state index contributed by atoms with van der Waals surface area (Å²) in [6.45, 7) is 0. The number of rotatable bonds is 4. The van der Waals surface area contributed by atoms with Crippen molar-refractivity contribution in [3.63, 3.8) is 0 Å². The molecule has 0 aromatic heterocycles. The highest BCUT2D eigenvalue weighted by Gasteiger charge is 2.05. The van der Waals surface area contributed by atoms with Gasteiger partial charge in [-0.05, 0) is 48.5 Å². The molecular formula is C16H14N4O4. The summed E-state index contributed by atoms with van der Waals surface area (Å²) in [4.78, 5) is 29.7. The van der Waals surface area contributed by atoms with Crippen molar-refractivity contribution in [3.8, 4) is 0 Å². The van der Waals surface area contributed by atoms with Crippen molar-refractivity contribution < 1.29 is 19.8 Å². The molecule has 0 fully saturated rings. The molecule has 0 amide bonds. The Labute approximate surface area is 136 Å². The number of amidine groups is 2. The Morgan fingerprint density at radius 3 is 1.21 bits per heavy atom. The lowest BCUT2D eigenvalue weighted by Gasteiger charge is -2.02. The van der Waals surface area contributed by atoms with Gasteiger partial charge in [0.05, 0.1) is 22.5 Å². The van der Waals surface area contributed by atoms with Gasteiger partial charge in [-0.3, -0.25) is 0 Å². The zero-order valence-electron chi connectivity index (χ0n) is 12.4. The summed E-state index contributed by atoms with van der Waals surface area (Å²) < 4.78 is 0. The number of hydrogen-bond donors (Lipinski definition) is 4. The molecule has 0 aliphatic heterocycles. The van der Waals surface area contributed by atoms with E-state index in [1.807, 2.05) is 0 Å². The fourth-order valence-electron chi connectivity index (χ4n) is 1.75. The van der Waals surface area contributed by atoms with Crippen LogP contribution in [0.5, 0.6) is 0 Å². The molecule has 0 aliphatic rings. The molecule has 0 unspecified atom stereocenters. The van der Waals surface area contributed by atoms with Gasteiger partial charge in [0, 0.05) is 0 Å². The zero-order valence-corrected chi connectivity index (χ0v) is 12.4. The van der Waals surface area contributed by atoms with Crippen LogP contribution in [0.2, 0.25) is 0 Å². The molecule has 0 bridgehead atoms. The minimum atomic E-state index is -1.04. The molecular weight excluding hydrogens is 312 g/mol.